The molecule has 0 aliphatic carbocycles. The van der Waals surface area contributed by atoms with Crippen molar-refractivity contribution in [2.45, 2.75) is 52.2 Å². The van der Waals surface area contributed by atoms with Gasteiger partial charge in [0.1, 0.15) is 0 Å². The lowest BCUT2D eigenvalue weighted by molar-refractivity contribution is 0.0547. The summed E-state index contributed by atoms with van der Waals surface area (Å²) >= 11 is 0. The summed E-state index contributed by atoms with van der Waals surface area (Å²) in [6.45, 7) is 8.73. The largest absolute Gasteiger partial charge is 0.490 e. The summed E-state index contributed by atoms with van der Waals surface area (Å²) < 4.78 is 19.3. The van der Waals surface area contributed by atoms with Crippen molar-refractivity contribution in [3.05, 3.63) is 29.6 Å². The van der Waals surface area contributed by atoms with Gasteiger partial charge < -0.3 is 15.2 Å². The molecule has 1 atom stereocenters. The summed E-state index contributed by atoms with van der Waals surface area (Å²) in [7, 11) is 0. The van der Waals surface area contributed by atoms with E-state index in [1.54, 1.807) is 19.9 Å². The Bertz CT molecular complexity index is 415. The van der Waals surface area contributed by atoms with Crippen LogP contribution in [-0.4, -0.2) is 23.9 Å². The number of hydrogen-bond donors (Lipinski definition) is 2. The zero-order chi connectivity index (χ0) is 15.2. The highest BCUT2D eigenvalue weighted by molar-refractivity contribution is 5.30. The first-order chi connectivity index (χ1) is 9.33. The lowest BCUT2D eigenvalue weighted by Crippen LogP contribution is -2.22. The first-order valence-electron chi connectivity index (χ1n) is 7.21. The molecule has 0 aromatic heterocycles. The van der Waals surface area contributed by atoms with E-state index in [2.05, 4.69) is 12.2 Å². The van der Waals surface area contributed by atoms with Gasteiger partial charge in [-0.25, -0.2) is 4.39 Å². The standard InChI is InChI=1S/C16H26FNO2/c1-5-9-18-12(2)13-6-7-15(14(17)11-13)20-10-8-16(3,4)19/h6-7,11-12,18-19H,5,8-10H2,1-4H3. The quantitative estimate of drug-likeness (QED) is 0.768. The van der Waals surface area contributed by atoms with Gasteiger partial charge in [-0.1, -0.05) is 13.0 Å². The van der Waals surface area contributed by atoms with Crippen LogP contribution in [0.1, 0.15) is 52.1 Å². The Morgan fingerprint density at radius 3 is 2.65 bits per heavy atom. The molecule has 1 unspecified atom stereocenters. The van der Waals surface area contributed by atoms with Crippen LogP contribution >= 0.6 is 0 Å². The number of nitrogens with one attached hydrogen (secondary N) is 1. The minimum absolute atomic E-state index is 0.120. The topological polar surface area (TPSA) is 41.5 Å². The van der Waals surface area contributed by atoms with Crippen molar-refractivity contribution in [2.24, 2.45) is 0 Å². The van der Waals surface area contributed by atoms with E-state index >= 15 is 0 Å². The smallest absolute Gasteiger partial charge is 0.165 e. The van der Waals surface area contributed by atoms with E-state index in [0.29, 0.717) is 13.0 Å². The lowest BCUT2D eigenvalue weighted by atomic mass is 10.1. The van der Waals surface area contributed by atoms with E-state index < -0.39 is 5.60 Å². The second-order valence-corrected chi connectivity index (χ2v) is 5.78. The highest BCUT2D eigenvalue weighted by atomic mass is 19.1. The van der Waals surface area contributed by atoms with Crippen LogP contribution in [0.4, 0.5) is 4.39 Å². The van der Waals surface area contributed by atoms with Crippen molar-refractivity contribution in [3.8, 4) is 5.75 Å². The summed E-state index contributed by atoms with van der Waals surface area (Å²) in [5, 5.41) is 12.9. The van der Waals surface area contributed by atoms with Crippen LogP contribution in [-0.2, 0) is 0 Å². The minimum atomic E-state index is -0.797. The monoisotopic (exact) mass is 283 g/mol. The highest BCUT2D eigenvalue weighted by Crippen LogP contribution is 2.22. The molecule has 1 aromatic carbocycles. The summed E-state index contributed by atoms with van der Waals surface area (Å²) in [6.07, 6.45) is 1.51. The van der Waals surface area contributed by atoms with Crippen LogP contribution in [0, 0.1) is 5.82 Å². The predicted octanol–water partition coefficient (Wildman–Crippen LogP) is 3.43. The molecule has 20 heavy (non-hydrogen) atoms. The van der Waals surface area contributed by atoms with E-state index in [4.69, 9.17) is 4.74 Å². The van der Waals surface area contributed by atoms with Crippen molar-refractivity contribution in [1.29, 1.82) is 0 Å². The van der Waals surface area contributed by atoms with Crippen LogP contribution in [0.25, 0.3) is 0 Å². The average Bonchev–Trinajstić information content (AvgIpc) is 2.36. The number of halogens is 1. The van der Waals surface area contributed by atoms with Gasteiger partial charge in [0.05, 0.1) is 12.2 Å². The molecule has 0 bridgehead atoms. The molecule has 3 nitrogen and oxygen atoms in total. The summed E-state index contributed by atoms with van der Waals surface area (Å²) in [6, 6.07) is 5.15. The summed E-state index contributed by atoms with van der Waals surface area (Å²) in [5.41, 5.74) is 0.112. The normalized spacial score (nSPS) is 13.3. The molecule has 114 valence electrons. The van der Waals surface area contributed by atoms with Crippen molar-refractivity contribution < 1.29 is 14.2 Å². The second-order valence-electron chi connectivity index (χ2n) is 5.78. The van der Waals surface area contributed by atoms with E-state index in [9.17, 15) is 9.50 Å². The van der Waals surface area contributed by atoms with Gasteiger partial charge in [-0.3, -0.25) is 0 Å². The van der Waals surface area contributed by atoms with Crippen molar-refractivity contribution >= 4 is 0 Å². The van der Waals surface area contributed by atoms with Crippen molar-refractivity contribution in [2.75, 3.05) is 13.2 Å². The van der Waals surface area contributed by atoms with E-state index in [1.807, 2.05) is 13.0 Å². The maximum atomic E-state index is 13.9. The molecule has 0 radical (unpaired) electrons. The third-order valence-electron chi connectivity index (χ3n) is 3.13. The molecule has 0 aliphatic heterocycles. The Labute approximate surface area is 121 Å². The van der Waals surface area contributed by atoms with E-state index in [0.717, 1.165) is 18.5 Å². The van der Waals surface area contributed by atoms with Gasteiger partial charge in [-0.05, 0) is 51.4 Å². The van der Waals surface area contributed by atoms with Crippen LogP contribution in [0.15, 0.2) is 18.2 Å². The van der Waals surface area contributed by atoms with Gasteiger partial charge in [0.2, 0.25) is 0 Å². The molecule has 0 amide bonds. The molecule has 0 saturated carbocycles. The molecular weight excluding hydrogens is 257 g/mol. The number of ether oxygens (including phenoxy) is 1. The molecule has 0 saturated heterocycles. The van der Waals surface area contributed by atoms with Crippen molar-refractivity contribution in [3.63, 3.8) is 0 Å². The van der Waals surface area contributed by atoms with Gasteiger partial charge in [0.25, 0.3) is 0 Å². The third kappa shape index (κ3) is 5.88. The summed E-state index contributed by atoms with van der Waals surface area (Å²) in [4.78, 5) is 0. The molecule has 4 heteroatoms. The Balaban J connectivity index is 2.59. The fourth-order valence-corrected chi connectivity index (χ4v) is 1.79. The van der Waals surface area contributed by atoms with E-state index in [1.165, 1.54) is 6.07 Å². The van der Waals surface area contributed by atoms with Crippen molar-refractivity contribution in [1.82, 2.24) is 5.32 Å². The molecule has 0 aliphatic rings. The van der Waals surface area contributed by atoms with Gasteiger partial charge in [0.15, 0.2) is 11.6 Å². The van der Waals surface area contributed by atoms with Crippen LogP contribution in [0.2, 0.25) is 0 Å². The van der Waals surface area contributed by atoms with Gasteiger partial charge in [-0.2, -0.15) is 0 Å². The SMILES string of the molecule is CCCNC(C)c1ccc(OCCC(C)(C)O)c(F)c1. The molecule has 0 fully saturated rings. The third-order valence-corrected chi connectivity index (χ3v) is 3.13. The van der Waals surface area contributed by atoms with Crippen LogP contribution in [0.5, 0.6) is 5.75 Å². The molecule has 2 N–H and O–H groups in total. The fourth-order valence-electron chi connectivity index (χ4n) is 1.79. The number of rotatable bonds is 8. The number of hydrogen-bond acceptors (Lipinski definition) is 3. The Hall–Kier alpha value is -1.13. The van der Waals surface area contributed by atoms with Crippen LogP contribution < -0.4 is 10.1 Å². The predicted molar refractivity (Wildman–Crippen MR) is 79.5 cm³/mol. The van der Waals surface area contributed by atoms with Gasteiger partial charge in [-0.15, -0.1) is 0 Å². The fraction of sp³-hybridized carbons (Fsp3) is 0.625. The molecule has 0 heterocycles. The highest BCUT2D eigenvalue weighted by Gasteiger charge is 2.14. The molecule has 0 spiro atoms. The van der Waals surface area contributed by atoms with Crippen LogP contribution in [0.3, 0.4) is 0 Å². The van der Waals surface area contributed by atoms with E-state index in [-0.39, 0.29) is 17.6 Å². The minimum Gasteiger partial charge on any atom is -0.490 e. The molecular formula is C16H26FNO2. The Morgan fingerprint density at radius 2 is 2.10 bits per heavy atom. The molecule has 1 aromatic rings. The second kappa shape index (κ2) is 7.60. The van der Waals surface area contributed by atoms with Gasteiger partial charge >= 0.3 is 0 Å². The summed E-state index contributed by atoms with van der Waals surface area (Å²) in [5.74, 6) is -0.121. The first-order valence-corrected chi connectivity index (χ1v) is 7.21. The Morgan fingerprint density at radius 1 is 1.40 bits per heavy atom. The van der Waals surface area contributed by atoms with Gasteiger partial charge in [0, 0.05) is 12.5 Å². The maximum absolute atomic E-state index is 13.9. The average molecular weight is 283 g/mol. The lowest BCUT2D eigenvalue weighted by Gasteiger charge is -2.18. The Kier molecular flexibility index (Phi) is 6.43. The maximum Gasteiger partial charge on any atom is 0.165 e. The zero-order valence-corrected chi connectivity index (χ0v) is 12.9. The first kappa shape index (κ1) is 16.9. The molecule has 1 rings (SSSR count). The number of benzene rings is 1. The number of aliphatic hydroxyl groups is 1. The zero-order valence-electron chi connectivity index (χ0n) is 12.9.